The predicted octanol–water partition coefficient (Wildman–Crippen LogP) is 4.69. The van der Waals surface area contributed by atoms with E-state index >= 15 is 0 Å². The summed E-state index contributed by atoms with van der Waals surface area (Å²) in [5.41, 5.74) is 2.83. The van der Waals surface area contributed by atoms with Crippen molar-refractivity contribution in [3.63, 3.8) is 0 Å². The minimum atomic E-state index is 0.0280. The highest BCUT2D eigenvalue weighted by Crippen LogP contribution is 2.26. The van der Waals surface area contributed by atoms with Crippen molar-refractivity contribution in [2.24, 2.45) is 0 Å². The number of aliphatic hydroxyl groups excluding tert-OH is 1. The molecule has 1 aliphatic rings. The smallest absolute Gasteiger partial charge is 0.122 e. The van der Waals surface area contributed by atoms with Crippen LogP contribution in [0.4, 0.5) is 0 Å². The van der Waals surface area contributed by atoms with Gasteiger partial charge >= 0.3 is 0 Å². The lowest BCUT2D eigenvalue weighted by atomic mass is 9.96. The number of hydrogen-bond donors (Lipinski definition) is 1. The SMILES string of the molecule is C1CO1.CCCCCc1cccc(OCCOCCOCCOCCOCCOCCOCCOCCOCCOCCO)c1CCCCC. The fraction of sp³-hybridized carbons (Fsp3) is 0.842. The van der Waals surface area contributed by atoms with E-state index in [2.05, 4.69) is 36.8 Å². The molecule has 1 aromatic carbocycles. The molecule has 1 saturated heterocycles. The summed E-state index contributed by atoms with van der Waals surface area (Å²) in [6.07, 6.45) is 9.64. The molecule has 0 radical (unpaired) electrons. The molecule has 0 aromatic heterocycles. The van der Waals surface area contributed by atoms with E-state index in [0.717, 1.165) is 31.8 Å². The van der Waals surface area contributed by atoms with Crippen molar-refractivity contribution < 1.29 is 57.2 Å². The molecule has 0 unspecified atom stereocenters. The molecule has 0 atom stereocenters. The summed E-state index contributed by atoms with van der Waals surface area (Å²) in [7, 11) is 0. The van der Waals surface area contributed by atoms with Gasteiger partial charge in [-0.15, -0.1) is 0 Å². The summed E-state index contributed by atoms with van der Waals surface area (Å²) in [5.74, 6) is 1.02. The van der Waals surface area contributed by atoms with Crippen LogP contribution >= 0.6 is 0 Å². The van der Waals surface area contributed by atoms with Gasteiger partial charge in [-0.05, 0) is 42.9 Å². The van der Waals surface area contributed by atoms with E-state index in [1.165, 1.54) is 49.7 Å². The van der Waals surface area contributed by atoms with Crippen LogP contribution in [0.2, 0.25) is 0 Å². The Labute approximate surface area is 302 Å². The molecular weight excluding hydrogens is 648 g/mol. The van der Waals surface area contributed by atoms with Gasteiger partial charge in [0, 0.05) is 0 Å². The minimum Gasteiger partial charge on any atom is -0.491 e. The van der Waals surface area contributed by atoms with Gasteiger partial charge in [-0.25, -0.2) is 0 Å². The fourth-order valence-electron chi connectivity index (χ4n) is 4.52. The maximum Gasteiger partial charge on any atom is 0.122 e. The van der Waals surface area contributed by atoms with Crippen LogP contribution in [0.25, 0.3) is 0 Å². The molecular formula is C38H70O12. The van der Waals surface area contributed by atoms with Crippen LogP contribution in [0.1, 0.15) is 63.5 Å². The van der Waals surface area contributed by atoms with Gasteiger partial charge in [0.15, 0.2) is 0 Å². The number of epoxide rings is 1. The summed E-state index contributed by atoms with van der Waals surface area (Å²) < 4.78 is 59.8. The average Bonchev–Trinajstić information content (AvgIpc) is 4.02. The molecule has 0 bridgehead atoms. The topological polar surface area (TPSA) is 125 Å². The molecule has 1 fully saturated rings. The number of aryl methyl sites for hydroxylation is 1. The molecule has 0 spiro atoms. The second-order valence-electron chi connectivity index (χ2n) is 11.5. The Kier molecular flexibility index (Phi) is 36.2. The second-order valence-corrected chi connectivity index (χ2v) is 11.5. The zero-order chi connectivity index (χ0) is 35.8. The first-order valence-corrected chi connectivity index (χ1v) is 18.9. The first kappa shape index (κ1) is 46.6. The van der Waals surface area contributed by atoms with E-state index in [-0.39, 0.29) is 6.61 Å². The van der Waals surface area contributed by atoms with Crippen molar-refractivity contribution in [2.45, 2.75) is 65.2 Å². The number of ether oxygens (including phenoxy) is 11. The normalized spacial score (nSPS) is 12.2. The Morgan fingerprint density at radius 2 is 0.840 bits per heavy atom. The lowest BCUT2D eigenvalue weighted by molar-refractivity contribution is -0.0258. The monoisotopic (exact) mass is 718 g/mol. The summed E-state index contributed by atoms with van der Waals surface area (Å²) >= 11 is 0. The van der Waals surface area contributed by atoms with Gasteiger partial charge in [-0.1, -0.05) is 51.7 Å². The molecule has 1 aromatic rings. The molecule has 1 N–H and O–H groups in total. The van der Waals surface area contributed by atoms with E-state index in [0.29, 0.717) is 126 Å². The molecule has 0 aliphatic carbocycles. The Morgan fingerprint density at radius 1 is 0.480 bits per heavy atom. The van der Waals surface area contributed by atoms with Crippen molar-refractivity contribution in [1.82, 2.24) is 0 Å². The molecule has 2 rings (SSSR count). The lowest BCUT2D eigenvalue weighted by Crippen LogP contribution is -2.15. The van der Waals surface area contributed by atoms with E-state index in [9.17, 15) is 0 Å². The van der Waals surface area contributed by atoms with Crippen molar-refractivity contribution in [3.05, 3.63) is 29.3 Å². The Morgan fingerprint density at radius 3 is 1.20 bits per heavy atom. The van der Waals surface area contributed by atoms with Crippen molar-refractivity contribution in [3.8, 4) is 5.75 Å². The van der Waals surface area contributed by atoms with Gasteiger partial charge in [0.05, 0.1) is 139 Å². The number of benzene rings is 1. The van der Waals surface area contributed by atoms with E-state index in [4.69, 9.17) is 52.5 Å². The van der Waals surface area contributed by atoms with Crippen LogP contribution in [-0.2, 0) is 60.2 Å². The van der Waals surface area contributed by atoms with E-state index in [1.54, 1.807) is 0 Å². The molecule has 1 heterocycles. The second kappa shape index (κ2) is 38.8. The number of hydrogen-bond acceptors (Lipinski definition) is 12. The third-order valence-corrected chi connectivity index (χ3v) is 7.21. The Bertz CT molecular complexity index is 811. The van der Waals surface area contributed by atoms with Crippen molar-refractivity contribution in [1.29, 1.82) is 0 Å². The maximum absolute atomic E-state index is 8.59. The molecule has 294 valence electrons. The lowest BCUT2D eigenvalue weighted by Gasteiger charge is -2.16. The summed E-state index contributed by atoms with van der Waals surface area (Å²) in [6.45, 7) is 16.1. The maximum atomic E-state index is 8.59. The Balaban J connectivity index is 0.00000393. The quantitative estimate of drug-likeness (QED) is 0.0754. The summed E-state index contributed by atoms with van der Waals surface area (Å²) in [4.78, 5) is 0. The first-order valence-electron chi connectivity index (χ1n) is 18.9. The van der Waals surface area contributed by atoms with Crippen molar-refractivity contribution in [2.75, 3.05) is 145 Å². The number of rotatable bonds is 38. The van der Waals surface area contributed by atoms with Gasteiger partial charge in [-0.2, -0.15) is 0 Å². The highest BCUT2D eigenvalue weighted by Gasteiger charge is 2.10. The zero-order valence-electron chi connectivity index (χ0n) is 31.4. The van der Waals surface area contributed by atoms with Crippen LogP contribution in [0.3, 0.4) is 0 Å². The van der Waals surface area contributed by atoms with Gasteiger partial charge < -0.3 is 57.2 Å². The Hall–Kier alpha value is -1.42. The molecule has 12 heteroatoms. The highest BCUT2D eigenvalue weighted by molar-refractivity contribution is 5.40. The first-order chi connectivity index (χ1) is 24.8. The molecule has 12 nitrogen and oxygen atoms in total. The molecule has 50 heavy (non-hydrogen) atoms. The van der Waals surface area contributed by atoms with Crippen LogP contribution in [-0.4, -0.2) is 150 Å². The van der Waals surface area contributed by atoms with Crippen LogP contribution in [0, 0.1) is 0 Å². The zero-order valence-corrected chi connectivity index (χ0v) is 31.4. The largest absolute Gasteiger partial charge is 0.491 e. The summed E-state index contributed by atoms with van der Waals surface area (Å²) in [6, 6.07) is 6.49. The summed E-state index contributed by atoms with van der Waals surface area (Å²) in [5, 5.41) is 8.59. The van der Waals surface area contributed by atoms with E-state index < -0.39 is 0 Å². The van der Waals surface area contributed by atoms with E-state index in [1.807, 2.05) is 0 Å². The van der Waals surface area contributed by atoms with Gasteiger partial charge in [0.2, 0.25) is 0 Å². The number of aliphatic hydroxyl groups is 1. The molecule has 1 aliphatic heterocycles. The molecule has 0 saturated carbocycles. The average molecular weight is 719 g/mol. The third kappa shape index (κ3) is 32.5. The van der Waals surface area contributed by atoms with Gasteiger partial charge in [0.25, 0.3) is 0 Å². The third-order valence-electron chi connectivity index (χ3n) is 7.21. The fourth-order valence-corrected chi connectivity index (χ4v) is 4.52. The van der Waals surface area contributed by atoms with Crippen LogP contribution in [0.5, 0.6) is 5.75 Å². The van der Waals surface area contributed by atoms with Gasteiger partial charge in [-0.3, -0.25) is 0 Å². The number of unbranched alkanes of at least 4 members (excludes halogenated alkanes) is 4. The van der Waals surface area contributed by atoms with Crippen LogP contribution in [0.15, 0.2) is 18.2 Å². The highest BCUT2D eigenvalue weighted by atomic mass is 16.6. The standard InChI is InChI=1S/C36H66O11.C2H4O/c1-3-5-7-10-34-11-9-13-36(35(34)12-8-6-4-2)47-33-32-46-31-30-45-29-28-44-27-26-43-25-24-42-23-22-41-21-20-40-19-18-39-17-16-38-15-14-37;1-2-3-1/h9,11,13,37H,3-8,10,12,14-33H2,1-2H3;1-2H2. The van der Waals surface area contributed by atoms with Crippen LogP contribution < -0.4 is 4.74 Å². The molecule has 0 amide bonds. The van der Waals surface area contributed by atoms with Gasteiger partial charge in [0.1, 0.15) is 12.4 Å². The van der Waals surface area contributed by atoms with Crippen molar-refractivity contribution >= 4 is 0 Å². The predicted molar refractivity (Wildman–Crippen MR) is 194 cm³/mol. The minimum absolute atomic E-state index is 0.0280.